The Balaban J connectivity index is 2.27. The maximum absolute atomic E-state index is 4.98. The third-order valence-corrected chi connectivity index (χ3v) is 3.92. The van der Waals surface area contributed by atoms with Crippen molar-refractivity contribution in [3.8, 4) is 10.7 Å². The summed E-state index contributed by atoms with van der Waals surface area (Å²) in [5.41, 5.74) is 1.09. The molecule has 7 heteroatoms. The number of aromatic nitrogens is 4. The van der Waals surface area contributed by atoms with Gasteiger partial charge in [0, 0.05) is 13.0 Å². The summed E-state index contributed by atoms with van der Waals surface area (Å²) in [5, 5.41) is 6.97. The second kappa shape index (κ2) is 5.73. The summed E-state index contributed by atoms with van der Waals surface area (Å²) in [6, 6.07) is 0. The van der Waals surface area contributed by atoms with Crippen LogP contribution in [-0.4, -0.2) is 45.7 Å². The molecule has 2 rings (SSSR count). The highest BCUT2D eigenvalue weighted by molar-refractivity contribution is 7.71. The molecule has 5 nitrogen and oxygen atoms in total. The summed E-state index contributed by atoms with van der Waals surface area (Å²) in [6.07, 6.45) is 1.87. The topological polar surface area (TPSA) is 60.6 Å². The molecule has 0 fully saturated rings. The standard InChI is InChI=1S/C11H17N5S2/c1-4-7-9(10-13-11(17)15-14-10)18-8(12-7)5-6-16(2)3/h4-6H2,1-3H3,(H2,13,14,15,17). The number of H-pyrrole nitrogens is 2. The van der Waals surface area contributed by atoms with Crippen LogP contribution < -0.4 is 0 Å². The molecule has 0 spiro atoms. The Labute approximate surface area is 115 Å². The van der Waals surface area contributed by atoms with Crippen LogP contribution in [0.4, 0.5) is 0 Å². The molecule has 2 aromatic rings. The summed E-state index contributed by atoms with van der Waals surface area (Å²) < 4.78 is 0.482. The zero-order chi connectivity index (χ0) is 13.1. The molecule has 0 unspecified atom stereocenters. The predicted molar refractivity (Wildman–Crippen MR) is 76.5 cm³/mol. The highest BCUT2D eigenvalue weighted by Gasteiger charge is 2.14. The lowest BCUT2D eigenvalue weighted by Gasteiger charge is -2.06. The normalized spacial score (nSPS) is 11.3. The molecule has 0 saturated heterocycles. The molecule has 2 N–H and O–H groups in total. The Morgan fingerprint density at radius 2 is 2.06 bits per heavy atom. The Morgan fingerprint density at radius 3 is 2.61 bits per heavy atom. The molecule has 0 aliphatic heterocycles. The van der Waals surface area contributed by atoms with Gasteiger partial charge in [0.2, 0.25) is 4.77 Å². The van der Waals surface area contributed by atoms with Crippen LogP contribution in [0, 0.1) is 4.77 Å². The van der Waals surface area contributed by atoms with Crippen LogP contribution in [0.5, 0.6) is 0 Å². The Morgan fingerprint density at radius 1 is 1.28 bits per heavy atom. The molecule has 98 valence electrons. The molecule has 0 aromatic carbocycles. The summed E-state index contributed by atoms with van der Waals surface area (Å²) >= 11 is 6.68. The average molecular weight is 283 g/mol. The van der Waals surface area contributed by atoms with Gasteiger partial charge in [-0.15, -0.1) is 11.3 Å². The SMILES string of the molecule is CCc1nc(CCN(C)C)sc1-c1nc(=S)[nH][nH]1. The molecule has 0 aliphatic carbocycles. The molecule has 2 aromatic heterocycles. The number of aromatic amines is 2. The van der Waals surface area contributed by atoms with Gasteiger partial charge >= 0.3 is 0 Å². The molecule has 2 heterocycles. The van der Waals surface area contributed by atoms with Crippen LogP contribution in [-0.2, 0) is 12.8 Å². The smallest absolute Gasteiger partial charge is 0.213 e. The highest BCUT2D eigenvalue weighted by atomic mass is 32.1. The Bertz CT molecular complexity index is 566. The summed E-state index contributed by atoms with van der Waals surface area (Å²) in [6.45, 7) is 3.11. The lowest BCUT2D eigenvalue weighted by atomic mass is 10.3. The van der Waals surface area contributed by atoms with E-state index in [0.29, 0.717) is 4.77 Å². The van der Waals surface area contributed by atoms with Crippen LogP contribution in [0.15, 0.2) is 0 Å². The van der Waals surface area contributed by atoms with Gasteiger partial charge in [-0.1, -0.05) is 6.92 Å². The number of aryl methyl sites for hydroxylation is 1. The van der Waals surface area contributed by atoms with Gasteiger partial charge in [-0.25, -0.2) is 4.98 Å². The van der Waals surface area contributed by atoms with Crippen molar-refractivity contribution < 1.29 is 0 Å². The van der Waals surface area contributed by atoms with E-state index < -0.39 is 0 Å². The maximum Gasteiger partial charge on any atom is 0.213 e. The van der Waals surface area contributed by atoms with E-state index in [-0.39, 0.29) is 0 Å². The van der Waals surface area contributed by atoms with Crippen molar-refractivity contribution in [2.24, 2.45) is 0 Å². The third-order valence-electron chi connectivity index (χ3n) is 2.57. The van der Waals surface area contributed by atoms with E-state index >= 15 is 0 Å². The minimum absolute atomic E-state index is 0.482. The molecule has 0 aliphatic rings. The van der Waals surface area contributed by atoms with Gasteiger partial charge in [-0.3, -0.25) is 10.2 Å². The van der Waals surface area contributed by atoms with E-state index in [1.165, 1.54) is 0 Å². The fourth-order valence-electron chi connectivity index (χ4n) is 1.63. The van der Waals surface area contributed by atoms with Crippen molar-refractivity contribution in [3.05, 3.63) is 15.5 Å². The van der Waals surface area contributed by atoms with Crippen LogP contribution in [0.1, 0.15) is 17.6 Å². The molecule has 0 amide bonds. The predicted octanol–water partition coefficient (Wildman–Crippen LogP) is 2.26. The number of nitrogens with zero attached hydrogens (tertiary/aromatic N) is 3. The van der Waals surface area contributed by atoms with Crippen molar-refractivity contribution in [2.75, 3.05) is 20.6 Å². The van der Waals surface area contributed by atoms with E-state index in [1.54, 1.807) is 11.3 Å². The number of hydrogen-bond acceptors (Lipinski definition) is 5. The molecule has 18 heavy (non-hydrogen) atoms. The fraction of sp³-hybridized carbons (Fsp3) is 0.545. The van der Waals surface area contributed by atoms with Gasteiger partial charge in [-0.05, 0) is 32.7 Å². The number of likely N-dealkylation sites (N-methyl/N-ethyl adjacent to an activating group) is 1. The van der Waals surface area contributed by atoms with Crippen LogP contribution in [0.3, 0.4) is 0 Å². The number of hydrogen-bond donors (Lipinski definition) is 2. The van der Waals surface area contributed by atoms with Crippen molar-refractivity contribution >= 4 is 23.6 Å². The van der Waals surface area contributed by atoms with Gasteiger partial charge in [0.05, 0.1) is 15.6 Å². The van der Waals surface area contributed by atoms with Crippen molar-refractivity contribution in [1.29, 1.82) is 0 Å². The van der Waals surface area contributed by atoms with Gasteiger partial charge < -0.3 is 4.90 Å². The van der Waals surface area contributed by atoms with Crippen LogP contribution in [0.2, 0.25) is 0 Å². The molecule has 0 saturated carbocycles. The number of rotatable bonds is 5. The van der Waals surface area contributed by atoms with E-state index in [2.05, 4.69) is 46.1 Å². The van der Waals surface area contributed by atoms with Gasteiger partial charge in [0.25, 0.3) is 0 Å². The van der Waals surface area contributed by atoms with Gasteiger partial charge in [-0.2, -0.15) is 4.98 Å². The quantitative estimate of drug-likeness (QED) is 0.826. The second-order valence-corrected chi connectivity index (χ2v) is 5.78. The number of thiazole rings is 1. The first-order valence-corrected chi connectivity index (χ1v) is 7.11. The van der Waals surface area contributed by atoms with Crippen molar-refractivity contribution in [1.82, 2.24) is 25.1 Å². The van der Waals surface area contributed by atoms with E-state index in [0.717, 1.165) is 40.8 Å². The fourth-order valence-corrected chi connectivity index (χ4v) is 2.86. The Hall–Kier alpha value is -1.05. The largest absolute Gasteiger partial charge is 0.309 e. The van der Waals surface area contributed by atoms with E-state index in [4.69, 9.17) is 12.2 Å². The van der Waals surface area contributed by atoms with Crippen LogP contribution >= 0.6 is 23.6 Å². The molecule has 0 atom stereocenters. The number of nitrogens with one attached hydrogen (secondary N) is 2. The van der Waals surface area contributed by atoms with E-state index in [9.17, 15) is 0 Å². The first kappa shape index (κ1) is 13.4. The summed E-state index contributed by atoms with van der Waals surface area (Å²) in [7, 11) is 4.14. The molecule has 0 radical (unpaired) electrons. The van der Waals surface area contributed by atoms with Crippen molar-refractivity contribution in [3.63, 3.8) is 0 Å². The van der Waals surface area contributed by atoms with Gasteiger partial charge in [0.15, 0.2) is 5.82 Å². The van der Waals surface area contributed by atoms with Gasteiger partial charge in [0.1, 0.15) is 0 Å². The van der Waals surface area contributed by atoms with Crippen molar-refractivity contribution in [2.45, 2.75) is 19.8 Å². The first-order valence-electron chi connectivity index (χ1n) is 5.88. The zero-order valence-electron chi connectivity index (χ0n) is 10.8. The minimum atomic E-state index is 0.482. The Kier molecular flexibility index (Phi) is 4.26. The lowest BCUT2D eigenvalue weighted by Crippen LogP contribution is -2.14. The minimum Gasteiger partial charge on any atom is -0.309 e. The zero-order valence-corrected chi connectivity index (χ0v) is 12.4. The first-order chi connectivity index (χ1) is 8.60. The van der Waals surface area contributed by atoms with E-state index in [1.807, 2.05) is 0 Å². The van der Waals surface area contributed by atoms with Crippen LogP contribution in [0.25, 0.3) is 10.7 Å². The second-order valence-electron chi connectivity index (χ2n) is 4.31. The maximum atomic E-state index is 4.98. The molecular formula is C11H17N5S2. The summed E-state index contributed by atoms with van der Waals surface area (Å²) in [4.78, 5) is 12.2. The molecule has 0 bridgehead atoms. The monoisotopic (exact) mass is 283 g/mol. The third kappa shape index (κ3) is 3.04. The average Bonchev–Trinajstić information content (AvgIpc) is 2.92. The highest BCUT2D eigenvalue weighted by Crippen LogP contribution is 2.28. The lowest BCUT2D eigenvalue weighted by molar-refractivity contribution is 0.413. The molecular weight excluding hydrogens is 266 g/mol. The summed E-state index contributed by atoms with van der Waals surface area (Å²) in [5.74, 6) is 0.797.